The van der Waals surface area contributed by atoms with E-state index < -0.39 is 0 Å². The largest absolute Gasteiger partial charge is 0.365 e. The van der Waals surface area contributed by atoms with E-state index in [4.69, 9.17) is 9.97 Å². The number of hydrogen-bond acceptors (Lipinski definition) is 5. The third-order valence-electron chi connectivity index (χ3n) is 4.12. The summed E-state index contributed by atoms with van der Waals surface area (Å²) in [4.78, 5) is 10.6. The average molecular weight is 349 g/mol. The van der Waals surface area contributed by atoms with Crippen molar-refractivity contribution in [3.05, 3.63) is 59.2 Å². The van der Waals surface area contributed by atoms with Crippen LogP contribution in [-0.2, 0) is 20.0 Å². The summed E-state index contributed by atoms with van der Waals surface area (Å²) in [6.45, 7) is 2.82. The number of aromatic nitrogens is 4. The zero-order chi connectivity index (χ0) is 17.2. The Labute approximate surface area is 150 Å². The molecule has 3 aromatic heterocycles. The number of fused-ring (bicyclic) bond motifs is 1. The van der Waals surface area contributed by atoms with Gasteiger partial charge in [-0.2, -0.15) is 5.10 Å². The van der Waals surface area contributed by atoms with E-state index in [1.165, 1.54) is 5.56 Å². The van der Waals surface area contributed by atoms with E-state index in [0.29, 0.717) is 6.54 Å². The normalized spacial score (nSPS) is 11.1. The number of aryl methyl sites for hydroxylation is 2. The number of nitrogens with one attached hydrogen (secondary N) is 1. The van der Waals surface area contributed by atoms with Gasteiger partial charge in [-0.3, -0.25) is 4.68 Å². The van der Waals surface area contributed by atoms with Crippen molar-refractivity contribution in [3.63, 3.8) is 0 Å². The highest BCUT2D eigenvalue weighted by Gasteiger charge is 2.11. The van der Waals surface area contributed by atoms with Crippen LogP contribution < -0.4 is 5.32 Å². The monoisotopic (exact) mass is 349 g/mol. The minimum absolute atomic E-state index is 0.696. The van der Waals surface area contributed by atoms with Gasteiger partial charge in [0.2, 0.25) is 0 Å². The van der Waals surface area contributed by atoms with Crippen LogP contribution in [-0.4, -0.2) is 19.7 Å². The molecule has 5 nitrogen and oxygen atoms in total. The lowest BCUT2D eigenvalue weighted by Crippen LogP contribution is -2.05. The standard InChI is InChI=1S/C19H19N5S/c1-3-15-13(12-24(2)23-15)11-20-18-14-7-4-5-8-16(14)21-19(22-18)17-9-6-10-25-17/h4-10,12H,3,11H2,1-2H3,(H,20,21,22). The van der Waals surface area contributed by atoms with Gasteiger partial charge in [-0.1, -0.05) is 25.1 Å². The molecule has 0 saturated carbocycles. The first-order valence-electron chi connectivity index (χ1n) is 8.30. The van der Waals surface area contributed by atoms with Gasteiger partial charge in [0.05, 0.1) is 16.1 Å². The molecule has 0 atom stereocenters. The maximum atomic E-state index is 4.78. The second kappa shape index (κ2) is 6.64. The van der Waals surface area contributed by atoms with Crippen molar-refractivity contribution >= 4 is 28.1 Å². The molecule has 0 saturated heterocycles. The van der Waals surface area contributed by atoms with Gasteiger partial charge in [0.1, 0.15) is 5.82 Å². The molecule has 0 aliphatic heterocycles. The summed E-state index contributed by atoms with van der Waals surface area (Å²) in [6.07, 6.45) is 2.98. The van der Waals surface area contributed by atoms with Crippen molar-refractivity contribution in [1.29, 1.82) is 0 Å². The fraction of sp³-hybridized carbons (Fsp3) is 0.211. The molecule has 25 heavy (non-hydrogen) atoms. The SMILES string of the molecule is CCc1nn(C)cc1CNc1nc(-c2cccs2)nc2ccccc12. The number of rotatable bonds is 5. The Hall–Kier alpha value is -2.73. The Balaban J connectivity index is 1.72. The Morgan fingerprint density at radius 1 is 1.12 bits per heavy atom. The molecule has 1 aromatic carbocycles. The van der Waals surface area contributed by atoms with Crippen LogP contribution in [0.15, 0.2) is 48.0 Å². The number of hydrogen-bond donors (Lipinski definition) is 1. The Bertz CT molecular complexity index is 1000. The third-order valence-corrected chi connectivity index (χ3v) is 4.98. The molecule has 1 N–H and O–H groups in total. The van der Waals surface area contributed by atoms with Crippen LogP contribution in [0.2, 0.25) is 0 Å². The first-order chi connectivity index (χ1) is 12.2. The lowest BCUT2D eigenvalue weighted by Gasteiger charge is -2.10. The molecule has 0 aliphatic rings. The quantitative estimate of drug-likeness (QED) is 0.585. The zero-order valence-electron chi connectivity index (χ0n) is 14.2. The van der Waals surface area contributed by atoms with Crippen LogP contribution in [0.5, 0.6) is 0 Å². The van der Waals surface area contributed by atoms with Gasteiger partial charge in [0, 0.05) is 30.7 Å². The minimum Gasteiger partial charge on any atom is -0.365 e. The van der Waals surface area contributed by atoms with Crippen LogP contribution >= 0.6 is 11.3 Å². The van der Waals surface area contributed by atoms with Gasteiger partial charge in [-0.05, 0) is 30.0 Å². The smallest absolute Gasteiger partial charge is 0.172 e. The summed E-state index contributed by atoms with van der Waals surface area (Å²) in [5.41, 5.74) is 3.27. The molecular formula is C19H19N5S. The van der Waals surface area contributed by atoms with Crippen molar-refractivity contribution in [2.45, 2.75) is 19.9 Å². The number of anilines is 1. The fourth-order valence-electron chi connectivity index (χ4n) is 2.94. The predicted octanol–water partition coefficient (Wildman–Crippen LogP) is 4.27. The molecule has 0 amide bonds. The lowest BCUT2D eigenvalue weighted by molar-refractivity contribution is 0.746. The molecule has 0 unspecified atom stereocenters. The van der Waals surface area contributed by atoms with Crippen molar-refractivity contribution in [2.24, 2.45) is 7.05 Å². The van der Waals surface area contributed by atoms with Gasteiger partial charge in [0.15, 0.2) is 5.82 Å². The number of para-hydroxylation sites is 1. The topological polar surface area (TPSA) is 55.6 Å². The molecule has 3 heterocycles. The van der Waals surface area contributed by atoms with Crippen LogP contribution in [0, 0.1) is 0 Å². The maximum absolute atomic E-state index is 4.78. The average Bonchev–Trinajstić information content (AvgIpc) is 3.28. The van der Waals surface area contributed by atoms with Crippen LogP contribution in [0.3, 0.4) is 0 Å². The summed E-state index contributed by atoms with van der Waals surface area (Å²) in [5.74, 6) is 1.62. The molecule has 0 fully saturated rings. The number of nitrogens with zero attached hydrogens (tertiary/aromatic N) is 4. The molecule has 126 valence electrons. The second-order valence-electron chi connectivity index (χ2n) is 5.87. The molecule has 0 radical (unpaired) electrons. The Morgan fingerprint density at radius 3 is 2.80 bits per heavy atom. The van der Waals surface area contributed by atoms with Crippen molar-refractivity contribution in [2.75, 3.05) is 5.32 Å². The Morgan fingerprint density at radius 2 is 2.00 bits per heavy atom. The molecule has 4 aromatic rings. The molecular weight excluding hydrogens is 330 g/mol. The second-order valence-corrected chi connectivity index (χ2v) is 6.82. The summed E-state index contributed by atoms with van der Waals surface area (Å²) in [5, 5.41) is 11.1. The van der Waals surface area contributed by atoms with Crippen LogP contribution in [0.25, 0.3) is 21.6 Å². The summed E-state index contributed by atoms with van der Waals surface area (Å²) in [6, 6.07) is 12.2. The molecule has 0 aliphatic carbocycles. The van der Waals surface area contributed by atoms with E-state index in [1.54, 1.807) is 11.3 Å². The predicted molar refractivity (Wildman–Crippen MR) is 103 cm³/mol. The molecule has 4 rings (SSSR count). The lowest BCUT2D eigenvalue weighted by atomic mass is 10.2. The minimum atomic E-state index is 0.696. The van der Waals surface area contributed by atoms with E-state index in [2.05, 4.69) is 35.7 Å². The number of benzene rings is 1. The highest BCUT2D eigenvalue weighted by molar-refractivity contribution is 7.13. The highest BCUT2D eigenvalue weighted by Crippen LogP contribution is 2.27. The van der Waals surface area contributed by atoms with Gasteiger partial charge in [-0.15, -0.1) is 11.3 Å². The van der Waals surface area contributed by atoms with Crippen LogP contribution in [0.4, 0.5) is 5.82 Å². The Kier molecular flexibility index (Phi) is 4.19. The van der Waals surface area contributed by atoms with Crippen molar-refractivity contribution in [3.8, 4) is 10.7 Å². The van der Waals surface area contributed by atoms with Gasteiger partial charge in [-0.25, -0.2) is 9.97 Å². The van der Waals surface area contributed by atoms with Crippen molar-refractivity contribution in [1.82, 2.24) is 19.7 Å². The summed E-state index contributed by atoms with van der Waals surface area (Å²) in [7, 11) is 1.96. The maximum Gasteiger partial charge on any atom is 0.172 e. The van der Waals surface area contributed by atoms with E-state index >= 15 is 0 Å². The fourth-order valence-corrected chi connectivity index (χ4v) is 3.59. The number of thiophene rings is 1. The van der Waals surface area contributed by atoms with E-state index in [-0.39, 0.29) is 0 Å². The van der Waals surface area contributed by atoms with Gasteiger partial charge >= 0.3 is 0 Å². The van der Waals surface area contributed by atoms with Crippen molar-refractivity contribution < 1.29 is 0 Å². The molecule has 6 heteroatoms. The van der Waals surface area contributed by atoms with Crippen LogP contribution in [0.1, 0.15) is 18.2 Å². The molecule has 0 bridgehead atoms. The van der Waals surface area contributed by atoms with Gasteiger partial charge in [0.25, 0.3) is 0 Å². The summed E-state index contributed by atoms with van der Waals surface area (Å²) >= 11 is 1.65. The van der Waals surface area contributed by atoms with Gasteiger partial charge < -0.3 is 5.32 Å². The van der Waals surface area contributed by atoms with E-state index in [9.17, 15) is 0 Å². The highest BCUT2D eigenvalue weighted by atomic mass is 32.1. The summed E-state index contributed by atoms with van der Waals surface area (Å²) < 4.78 is 1.87. The first-order valence-corrected chi connectivity index (χ1v) is 9.18. The zero-order valence-corrected chi connectivity index (χ0v) is 15.0. The first kappa shape index (κ1) is 15.8. The third kappa shape index (κ3) is 3.13. The van der Waals surface area contributed by atoms with E-state index in [0.717, 1.165) is 39.5 Å². The molecule has 0 spiro atoms. The van der Waals surface area contributed by atoms with E-state index in [1.807, 2.05) is 41.4 Å².